The fourth-order valence-corrected chi connectivity index (χ4v) is 0.961. The van der Waals surface area contributed by atoms with Gasteiger partial charge in [0.05, 0.1) is 12.2 Å². The number of amides is 1. The zero-order chi connectivity index (χ0) is 13.5. The number of allylic oxidation sites excluding steroid dienone is 1. The quantitative estimate of drug-likeness (QED) is 0.491. The highest BCUT2D eigenvalue weighted by Gasteiger charge is 2.17. The molecule has 0 aliphatic rings. The molecule has 0 aromatic rings. The van der Waals surface area contributed by atoms with Crippen LogP contribution in [0.3, 0.4) is 0 Å². The van der Waals surface area contributed by atoms with Crippen LogP contribution in [-0.4, -0.2) is 37.3 Å². The lowest BCUT2D eigenvalue weighted by Gasteiger charge is -2.19. The van der Waals surface area contributed by atoms with Crippen molar-refractivity contribution in [1.29, 1.82) is 5.41 Å². The summed E-state index contributed by atoms with van der Waals surface area (Å²) in [6.07, 6.45) is 1.67. The second-order valence-corrected chi connectivity index (χ2v) is 4.28. The second kappa shape index (κ2) is 6.67. The molecule has 0 radical (unpaired) electrons. The van der Waals surface area contributed by atoms with E-state index in [1.165, 1.54) is 6.08 Å². The van der Waals surface area contributed by atoms with Crippen LogP contribution in [0.15, 0.2) is 11.8 Å². The summed E-state index contributed by atoms with van der Waals surface area (Å²) >= 11 is 0. The van der Waals surface area contributed by atoms with Crippen molar-refractivity contribution in [3.05, 3.63) is 11.8 Å². The third-order valence-electron chi connectivity index (χ3n) is 1.61. The minimum atomic E-state index is -0.642. The lowest BCUT2D eigenvalue weighted by molar-refractivity contribution is -0.115. The van der Waals surface area contributed by atoms with Crippen LogP contribution >= 0.6 is 0 Å². The van der Waals surface area contributed by atoms with Crippen LogP contribution in [0.2, 0.25) is 0 Å². The van der Waals surface area contributed by atoms with E-state index in [4.69, 9.17) is 10.1 Å². The van der Waals surface area contributed by atoms with Gasteiger partial charge in [0.15, 0.2) is 5.78 Å². The van der Waals surface area contributed by atoms with Gasteiger partial charge in [0.25, 0.3) is 0 Å². The number of ether oxygens (including phenoxy) is 1. The fraction of sp³-hybridized carbons (Fsp3) is 0.545. The van der Waals surface area contributed by atoms with Crippen molar-refractivity contribution in [2.24, 2.45) is 0 Å². The predicted molar refractivity (Wildman–Crippen MR) is 65.2 cm³/mol. The molecule has 96 valence electrons. The highest BCUT2D eigenvalue weighted by molar-refractivity contribution is 6.00. The van der Waals surface area contributed by atoms with Crippen molar-refractivity contribution in [3.8, 4) is 0 Å². The van der Waals surface area contributed by atoms with Gasteiger partial charge in [-0.1, -0.05) is 0 Å². The Hall–Kier alpha value is -1.85. The van der Waals surface area contributed by atoms with Crippen molar-refractivity contribution < 1.29 is 14.3 Å². The van der Waals surface area contributed by atoms with Gasteiger partial charge in [0.2, 0.25) is 0 Å². The molecule has 0 fully saturated rings. The highest BCUT2D eigenvalue weighted by Crippen LogP contribution is 2.06. The number of hydrogen-bond acceptors (Lipinski definition) is 5. The van der Waals surface area contributed by atoms with Crippen molar-refractivity contribution >= 4 is 18.1 Å². The molecule has 0 bridgehead atoms. The first-order chi connectivity index (χ1) is 7.80. The number of alkyl carbamates (subject to hydrolysis) is 1. The Labute approximate surface area is 101 Å². The molecule has 0 spiro atoms. The fourth-order valence-electron chi connectivity index (χ4n) is 0.961. The van der Waals surface area contributed by atoms with E-state index in [0.29, 0.717) is 0 Å². The molecule has 0 aliphatic carbocycles. The molecule has 0 unspecified atom stereocenters. The van der Waals surface area contributed by atoms with Crippen molar-refractivity contribution in [3.63, 3.8) is 0 Å². The lowest BCUT2D eigenvalue weighted by Crippen LogP contribution is -2.37. The molecule has 0 aromatic heterocycles. The molecule has 17 heavy (non-hydrogen) atoms. The van der Waals surface area contributed by atoms with Gasteiger partial charge < -0.3 is 20.8 Å². The smallest absolute Gasteiger partial charge is 0.408 e. The van der Waals surface area contributed by atoms with Crippen LogP contribution in [0.5, 0.6) is 0 Å². The first kappa shape index (κ1) is 15.2. The third-order valence-corrected chi connectivity index (χ3v) is 1.61. The van der Waals surface area contributed by atoms with E-state index in [2.05, 4.69) is 10.6 Å². The largest absolute Gasteiger partial charge is 0.444 e. The summed E-state index contributed by atoms with van der Waals surface area (Å²) in [5, 5.41) is 11.8. The maximum atomic E-state index is 11.5. The standard InChI is InChI=1S/C11H19N3O3/c1-11(2,3)17-10(16)14-7-9(15)8(13-4)5-6-12/h5-6,12-13H,7H2,1-4H3,(H,14,16)/b8-5-,12-6?. The van der Waals surface area contributed by atoms with Crippen molar-refractivity contribution in [1.82, 2.24) is 10.6 Å². The first-order valence-corrected chi connectivity index (χ1v) is 5.18. The average Bonchev–Trinajstić information content (AvgIpc) is 2.20. The number of carbonyl (C=O) groups excluding carboxylic acids is 2. The molecule has 0 heterocycles. The second-order valence-electron chi connectivity index (χ2n) is 4.28. The van der Waals surface area contributed by atoms with E-state index >= 15 is 0 Å². The molecular weight excluding hydrogens is 222 g/mol. The summed E-state index contributed by atoms with van der Waals surface area (Å²) in [5.74, 6) is -0.318. The number of likely N-dealkylation sites (N-methyl/N-ethyl adjacent to an activating group) is 1. The Morgan fingerprint density at radius 3 is 2.35 bits per heavy atom. The maximum Gasteiger partial charge on any atom is 0.408 e. The Kier molecular flexibility index (Phi) is 5.95. The Balaban J connectivity index is 4.21. The van der Waals surface area contributed by atoms with Gasteiger partial charge in [-0.05, 0) is 26.8 Å². The molecule has 1 amide bonds. The molecule has 0 aliphatic heterocycles. The molecule has 3 N–H and O–H groups in total. The Bertz CT molecular complexity index is 329. The molecule has 0 rings (SSSR count). The number of carbonyl (C=O) groups is 2. The van der Waals surface area contributed by atoms with Gasteiger partial charge in [-0.25, -0.2) is 4.79 Å². The van der Waals surface area contributed by atoms with E-state index in [1.54, 1.807) is 27.8 Å². The average molecular weight is 241 g/mol. The van der Waals surface area contributed by atoms with Crippen LogP contribution in [-0.2, 0) is 9.53 Å². The summed E-state index contributed by atoms with van der Waals surface area (Å²) in [4.78, 5) is 22.8. The zero-order valence-corrected chi connectivity index (χ0v) is 10.6. The summed E-state index contributed by atoms with van der Waals surface area (Å²) < 4.78 is 4.97. The Morgan fingerprint density at radius 2 is 1.94 bits per heavy atom. The van der Waals surface area contributed by atoms with Crippen LogP contribution < -0.4 is 10.6 Å². The lowest BCUT2D eigenvalue weighted by atomic mass is 10.2. The number of Topliss-reactive ketones (excluding diaryl/α,β-unsaturated/α-hetero) is 1. The SMILES string of the molecule is CN/C(=C\C=N)C(=O)CNC(=O)OC(C)(C)C. The number of ketones is 1. The highest BCUT2D eigenvalue weighted by atomic mass is 16.6. The van der Waals surface area contributed by atoms with Crippen LogP contribution in [0.25, 0.3) is 0 Å². The molecule has 6 nitrogen and oxygen atoms in total. The first-order valence-electron chi connectivity index (χ1n) is 5.18. The molecule has 0 atom stereocenters. The summed E-state index contributed by atoms with van der Waals surface area (Å²) in [7, 11) is 1.57. The van der Waals surface area contributed by atoms with Crippen LogP contribution in [0.4, 0.5) is 4.79 Å². The van der Waals surface area contributed by atoms with Gasteiger partial charge in [0.1, 0.15) is 5.60 Å². The molecule has 0 saturated carbocycles. The molecule has 0 aromatic carbocycles. The van der Waals surface area contributed by atoms with E-state index < -0.39 is 11.7 Å². The molecule has 0 saturated heterocycles. The van der Waals surface area contributed by atoms with Gasteiger partial charge in [0, 0.05) is 13.3 Å². The van der Waals surface area contributed by atoms with E-state index in [9.17, 15) is 9.59 Å². The normalized spacial score (nSPS) is 11.6. The topological polar surface area (TPSA) is 91.3 Å². The van der Waals surface area contributed by atoms with Gasteiger partial charge >= 0.3 is 6.09 Å². The minimum absolute atomic E-state index is 0.171. The van der Waals surface area contributed by atoms with Gasteiger partial charge in [-0.15, -0.1) is 0 Å². The number of rotatable bonds is 5. The maximum absolute atomic E-state index is 11.5. The van der Waals surface area contributed by atoms with Crippen molar-refractivity contribution in [2.45, 2.75) is 26.4 Å². The van der Waals surface area contributed by atoms with Crippen molar-refractivity contribution in [2.75, 3.05) is 13.6 Å². The van der Waals surface area contributed by atoms with Gasteiger partial charge in [-0.3, -0.25) is 4.79 Å². The number of nitrogens with one attached hydrogen (secondary N) is 3. The van der Waals surface area contributed by atoms with E-state index in [0.717, 1.165) is 6.21 Å². The monoisotopic (exact) mass is 241 g/mol. The molecular formula is C11H19N3O3. The third kappa shape index (κ3) is 7.10. The van der Waals surface area contributed by atoms with E-state index in [-0.39, 0.29) is 18.0 Å². The van der Waals surface area contributed by atoms with E-state index in [1.807, 2.05) is 0 Å². The summed E-state index contributed by atoms with van der Waals surface area (Å²) in [5.41, 5.74) is -0.333. The molecule has 6 heteroatoms. The summed E-state index contributed by atoms with van der Waals surface area (Å²) in [6.45, 7) is 5.04. The van der Waals surface area contributed by atoms with Crippen LogP contribution in [0, 0.1) is 5.41 Å². The zero-order valence-electron chi connectivity index (χ0n) is 10.6. The Morgan fingerprint density at radius 1 is 1.35 bits per heavy atom. The minimum Gasteiger partial charge on any atom is -0.444 e. The summed E-state index contributed by atoms with van der Waals surface area (Å²) in [6, 6.07) is 0. The van der Waals surface area contributed by atoms with Gasteiger partial charge in [-0.2, -0.15) is 0 Å². The van der Waals surface area contributed by atoms with Crippen LogP contribution in [0.1, 0.15) is 20.8 Å². The predicted octanol–water partition coefficient (Wildman–Crippen LogP) is 0.833. The number of hydrogen-bond donors (Lipinski definition) is 3.